The van der Waals surface area contributed by atoms with Gasteiger partial charge in [0.1, 0.15) is 0 Å². The number of rotatable bonds is 4. The van der Waals surface area contributed by atoms with E-state index >= 15 is 0 Å². The highest BCUT2D eigenvalue weighted by Crippen LogP contribution is 2.27. The van der Waals surface area contributed by atoms with Crippen molar-refractivity contribution < 1.29 is 0 Å². The summed E-state index contributed by atoms with van der Waals surface area (Å²) in [5.74, 6) is 0. The third-order valence-electron chi connectivity index (χ3n) is 2.92. The van der Waals surface area contributed by atoms with E-state index in [0.717, 1.165) is 18.5 Å². The number of nitrogens with two attached hydrogens (primary N) is 1. The normalized spacial score (nSPS) is 10.8. The first-order chi connectivity index (χ1) is 8.26. The molecule has 0 aliphatic rings. The molecule has 90 valence electrons. The van der Waals surface area contributed by atoms with Gasteiger partial charge in [0.15, 0.2) is 0 Å². The Morgan fingerprint density at radius 3 is 2.71 bits per heavy atom. The van der Waals surface area contributed by atoms with Crippen LogP contribution >= 0.6 is 0 Å². The molecule has 0 atom stereocenters. The molecule has 1 aromatic heterocycles. The smallest absolute Gasteiger partial charge is 0.0702 e. The van der Waals surface area contributed by atoms with Gasteiger partial charge in [-0.3, -0.25) is 4.68 Å². The molecule has 0 spiro atoms. The zero-order valence-electron chi connectivity index (χ0n) is 10.5. The van der Waals surface area contributed by atoms with Crippen LogP contribution in [0.5, 0.6) is 0 Å². The quantitative estimate of drug-likeness (QED) is 0.875. The zero-order valence-corrected chi connectivity index (χ0v) is 10.5. The van der Waals surface area contributed by atoms with Crippen LogP contribution in [-0.2, 0) is 20.0 Å². The van der Waals surface area contributed by atoms with Gasteiger partial charge in [-0.1, -0.05) is 37.6 Å². The van der Waals surface area contributed by atoms with E-state index in [1.807, 2.05) is 17.8 Å². The largest absolute Gasteiger partial charge is 0.326 e. The molecule has 0 fully saturated rings. The van der Waals surface area contributed by atoms with Gasteiger partial charge in [0.2, 0.25) is 0 Å². The number of hydrogen-bond donors (Lipinski definition) is 1. The first-order valence-electron chi connectivity index (χ1n) is 6.07. The van der Waals surface area contributed by atoms with E-state index in [0.29, 0.717) is 6.54 Å². The second-order valence-electron chi connectivity index (χ2n) is 4.27. The summed E-state index contributed by atoms with van der Waals surface area (Å²) in [5.41, 5.74) is 10.6. The minimum absolute atomic E-state index is 0.566. The predicted octanol–water partition coefficient (Wildman–Crippen LogP) is 2.50. The SMILES string of the molecule is CCCc1nn(C)cc1-c1ccccc1CN. The summed E-state index contributed by atoms with van der Waals surface area (Å²) in [7, 11) is 1.97. The van der Waals surface area contributed by atoms with Gasteiger partial charge in [-0.25, -0.2) is 0 Å². The predicted molar refractivity (Wildman–Crippen MR) is 70.5 cm³/mol. The molecule has 0 aliphatic heterocycles. The zero-order chi connectivity index (χ0) is 12.3. The van der Waals surface area contributed by atoms with Crippen LogP contribution in [0, 0.1) is 0 Å². The minimum Gasteiger partial charge on any atom is -0.326 e. The van der Waals surface area contributed by atoms with Crippen molar-refractivity contribution in [3.63, 3.8) is 0 Å². The Bertz CT molecular complexity index is 500. The van der Waals surface area contributed by atoms with Crippen LogP contribution in [0.3, 0.4) is 0 Å². The van der Waals surface area contributed by atoms with Crippen molar-refractivity contribution >= 4 is 0 Å². The molecule has 0 amide bonds. The molecule has 1 aromatic carbocycles. The standard InChI is InChI=1S/C14H19N3/c1-3-6-14-13(10-17(2)16-14)12-8-5-4-7-11(12)9-15/h4-5,7-8,10H,3,6,9,15H2,1-2H3. The Hall–Kier alpha value is -1.61. The molecule has 0 saturated carbocycles. The lowest BCUT2D eigenvalue weighted by molar-refractivity contribution is 0.733. The molecule has 2 aromatic rings. The summed E-state index contributed by atoms with van der Waals surface area (Å²) in [6.45, 7) is 2.74. The van der Waals surface area contributed by atoms with Crippen LogP contribution < -0.4 is 5.73 Å². The van der Waals surface area contributed by atoms with Crippen LogP contribution in [0.4, 0.5) is 0 Å². The highest BCUT2D eigenvalue weighted by molar-refractivity contribution is 5.69. The average Bonchev–Trinajstić information content (AvgIpc) is 2.71. The maximum Gasteiger partial charge on any atom is 0.0702 e. The molecule has 0 aliphatic carbocycles. The number of aromatic nitrogens is 2. The maximum atomic E-state index is 5.79. The maximum absolute atomic E-state index is 5.79. The summed E-state index contributed by atoms with van der Waals surface area (Å²) in [5, 5.41) is 4.53. The van der Waals surface area contributed by atoms with E-state index in [-0.39, 0.29) is 0 Å². The molecule has 2 N–H and O–H groups in total. The first kappa shape index (κ1) is 11.9. The fourth-order valence-electron chi connectivity index (χ4n) is 2.14. The van der Waals surface area contributed by atoms with Crippen molar-refractivity contribution in [3.8, 4) is 11.1 Å². The molecule has 2 rings (SSSR count). The van der Waals surface area contributed by atoms with Crippen LogP contribution in [0.1, 0.15) is 24.6 Å². The van der Waals surface area contributed by atoms with E-state index in [4.69, 9.17) is 5.73 Å². The van der Waals surface area contributed by atoms with Crippen molar-refractivity contribution in [2.45, 2.75) is 26.3 Å². The molecule has 0 radical (unpaired) electrons. The highest BCUT2D eigenvalue weighted by atomic mass is 15.2. The molecule has 3 nitrogen and oxygen atoms in total. The Kier molecular flexibility index (Phi) is 3.59. The van der Waals surface area contributed by atoms with Crippen LogP contribution in [0.25, 0.3) is 11.1 Å². The van der Waals surface area contributed by atoms with E-state index in [2.05, 4.69) is 36.4 Å². The van der Waals surface area contributed by atoms with Crippen LogP contribution in [-0.4, -0.2) is 9.78 Å². The van der Waals surface area contributed by atoms with Gasteiger partial charge in [0, 0.05) is 25.4 Å². The van der Waals surface area contributed by atoms with Crippen LogP contribution in [0.2, 0.25) is 0 Å². The molecular weight excluding hydrogens is 210 g/mol. The van der Waals surface area contributed by atoms with Gasteiger partial charge < -0.3 is 5.73 Å². The van der Waals surface area contributed by atoms with Crippen molar-refractivity contribution in [1.29, 1.82) is 0 Å². The van der Waals surface area contributed by atoms with Gasteiger partial charge >= 0.3 is 0 Å². The van der Waals surface area contributed by atoms with Crippen LogP contribution in [0.15, 0.2) is 30.5 Å². The van der Waals surface area contributed by atoms with E-state index in [9.17, 15) is 0 Å². The lowest BCUT2D eigenvalue weighted by Gasteiger charge is -2.07. The van der Waals surface area contributed by atoms with Gasteiger partial charge in [-0.15, -0.1) is 0 Å². The summed E-state index contributed by atoms with van der Waals surface area (Å²) >= 11 is 0. The van der Waals surface area contributed by atoms with Gasteiger partial charge in [-0.05, 0) is 17.5 Å². The van der Waals surface area contributed by atoms with Gasteiger partial charge in [0.25, 0.3) is 0 Å². The average molecular weight is 229 g/mol. The topological polar surface area (TPSA) is 43.8 Å². The van der Waals surface area contributed by atoms with Crippen molar-refractivity contribution in [2.24, 2.45) is 12.8 Å². The summed E-state index contributed by atoms with van der Waals surface area (Å²) in [6, 6.07) is 8.29. The Balaban J connectivity index is 2.51. The molecule has 3 heteroatoms. The van der Waals surface area contributed by atoms with E-state index in [1.165, 1.54) is 16.7 Å². The van der Waals surface area contributed by atoms with Crippen molar-refractivity contribution in [1.82, 2.24) is 9.78 Å². The summed E-state index contributed by atoms with van der Waals surface area (Å²) < 4.78 is 1.88. The third kappa shape index (κ3) is 2.39. The fraction of sp³-hybridized carbons (Fsp3) is 0.357. The number of aryl methyl sites for hydroxylation is 2. The molecular formula is C14H19N3. The first-order valence-corrected chi connectivity index (χ1v) is 6.07. The van der Waals surface area contributed by atoms with Gasteiger partial charge in [-0.2, -0.15) is 5.10 Å². The van der Waals surface area contributed by atoms with E-state index < -0.39 is 0 Å². The second kappa shape index (κ2) is 5.15. The fourth-order valence-corrected chi connectivity index (χ4v) is 2.14. The summed E-state index contributed by atoms with van der Waals surface area (Å²) in [4.78, 5) is 0. The third-order valence-corrected chi connectivity index (χ3v) is 2.92. The van der Waals surface area contributed by atoms with Gasteiger partial charge in [0.05, 0.1) is 5.69 Å². The number of nitrogens with zero attached hydrogens (tertiary/aromatic N) is 2. The molecule has 17 heavy (non-hydrogen) atoms. The van der Waals surface area contributed by atoms with Crippen molar-refractivity contribution in [2.75, 3.05) is 0 Å². The number of benzene rings is 1. The Morgan fingerprint density at radius 2 is 2.00 bits per heavy atom. The Morgan fingerprint density at radius 1 is 1.24 bits per heavy atom. The highest BCUT2D eigenvalue weighted by Gasteiger charge is 2.11. The molecule has 1 heterocycles. The lowest BCUT2D eigenvalue weighted by atomic mass is 9.99. The number of hydrogen-bond acceptors (Lipinski definition) is 2. The molecule has 0 bridgehead atoms. The molecule has 0 unspecified atom stereocenters. The summed E-state index contributed by atoms with van der Waals surface area (Å²) in [6.07, 6.45) is 4.20. The minimum atomic E-state index is 0.566. The second-order valence-corrected chi connectivity index (χ2v) is 4.27. The Labute approximate surface area is 102 Å². The molecule has 0 saturated heterocycles. The monoisotopic (exact) mass is 229 g/mol. The van der Waals surface area contributed by atoms with E-state index in [1.54, 1.807) is 0 Å². The lowest BCUT2D eigenvalue weighted by Crippen LogP contribution is -1.99. The van der Waals surface area contributed by atoms with Crippen molar-refractivity contribution in [3.05, 3.63) is 41.7 Å².